The molecule has 1 fully saturated rings. The molecular weight excluding hydrogens is 417 g/mol. The maximum atomic E-state index is 6.01. The van der Waals surface area contributed by atoms with Crippen molar-refractivity contribution in [1.82, 2.24) is 4.98 Å². The van der Waals surface area contributed by atoms with Gasteiger partial charge in [-0.1, -0.05) is 24.3 Å². The van der Waals surface area contributed by atoms with Crippen LogP contribution in [-0.4, -0.2) is 30.4 Å². The highest BCUT2D eigenvalue weighted by atomic mass is 79.9. The summed E-state index contributed by atoms with van der Waals surface area (Å²) in [5.41, 5.74) is 1.89. The first-order valence-corrected chi connectivity index (χ1v) is 10.7. The molecule has 1 aliphatic carbocycles. The van der Waals surface area contributed by atoms with Crippen molar-refractivity contribution in [2.24, 2.45) is 0 Å². The van der Waals surface area contributed by atoms with Crippen molar-refractivity contribution in [3.8, 4) is 5.88 Å². The lowest BCUT2D eigenvalue weighted by Gasteiger charge is -2.32. The molecule has 0 atom stereocenters. The van der Waals surface area contributed by atoms with Gasteiger partial charge in [0.25, 0.3) is 0 Å². The number of nitrogens with zero attached hydrogens (tertiary/aromatic N) is 1. The van der Waals surface area contributed by atoms with Crippen LogP contribution < -0.4 is 4.74 Å². The molecule has 150 valence electrons. The normalized spacial score (nSPS) is 20.4. The SMILES string of the molecule is CC1(C)OB(C2=CCCCC2)OC1(C)C.COc1cc(Br)c2ccccc2n1. The summed E-state index contributed by atoms with van der Waals surface area (Å²) in [6, 6.07) is 9.79. The number of hydrogen-bond acceptors (Lipinski definition) is 4. The molecular formula is C22H29BBrNO3. The van der Waals surface area contributed by atoms with Crippen LogP contribution in [0.1, 0.15) is 53.4 Å². The molecule has 4 rings (SSSR count). The highest BCUT2D eigenvalue weighted by Gasteiger charge is 2.52. The minimum Gasteiger partial charge on any atom is -0.481 e. The van der Waals surface area contributed by atoms with E-state index in [2.05, 4.69) is 54.7 Å². The number of ether oxygens (including phenoxy) is 1. The standard InChI is InChI=1S/C12H21BO2.C10H8BrNO/c1-11(2)12(3,4)15-13(14-11)10-8-6-5-7-9-10;1-13-10-6-8(11)7-4-2-3-5-9(7)12-10/h8H,5-7,9H2,1-4H3;2-6H,1H3. The predicted molar refractivity (Wildman–Crippen MR) is 119 cm³/mol. The summed E-state index contributed by atoms with van der Waals surface area (Å²) in [5.74, 6) is 0.630. The van der Waals surface area contributed by atoms with Crippen LogP contribution in [0.5, 0.6) is 5.88 Å². The first-order chi connectivity index (χ1) is 13.2. The van der Waals surface area contributed by atoms with E-state index in [0.29, 0.717) is 5.88 Å². The van der Waals surface area contributed by atoms with E-state index in [1.807, 2.05) is 30.3 Å². The third-order valence-electron chi connectivity index (χ3n) is 5.73. The number of halogens is 1. The Hall–Kier alpha value is -1.37. The Kier molecular flexibility index (Phi) is 6.52. The Bertz CT molecular complexity index is 850. The molecule has 6 heteroatoms. The smallest absolute Gasteiger partial charge is 0.481 e. The average molecular weight is 446 g/mol. The van der Waals surface area contributed by atoms with Crippen molar-refractivity contribution >= 4 is 34.0 Å². The lowest BCUT2D eigenvalue weighted by Crippen LogP contribution is -2.41. The van der Waals surface area contributed by atoms with E-state index in [1.165, 1.54) is 24.7 Å². The Morgan fingerprint density at radius 3 is 2.36 bits per heavy atom. The quantitative estimate of drug-likeness (QED) is 0.521. The third kappa shape index (κ3) is 4.61. The minimum absolute atomic E-state index is 0.102. The fraction of sp³-hybridized carbons (Fsp3) is 0.500. The highest BCUT2D eigenvalue weighted by molar-refractivity contribution is 9.10. The van der Waals surface area contributed by atoms with Crippen LogP contribution in [0.15, 0.2) is 46.4 Å². The Morgan fingerprint density at radius 1 is 1.07 bits per heavy atom. The molecule has 1 aromatic carbocycles. The number of rotatable bonds is 2. The van der Waals surface area contributed by atoms with Gasteiger partial charge in [0, 0.05) is 15.9 Å². The largest absolute Gasteiger partial charge is 0.490 e. The van der Waals surface area contributed by atoms with Gasteiger partial charge in [-0.3, -0.25) is 0 Å². The Labute approximate surface area is 176 Å². The molecule has 28 heavy (non-hydrogen) atoms. The second-order valence-corrected chi connectivity index (χ2v) is 9.13. The van der Waals surface area contributed by atoms with Gasteiger partial charge in [-0.15, -0.1) is 0 Å². The molecule has 2 aliphatic rings. The van der Waals surface area contributed by atoms with Crippen molar-refractivity contribution in [2.45, 2.75) is 64.6 Å². The van der Waals surface area contributed by atoms with Crippen LogP contribution in [0.25, 0.3) is 10.9 Å². The third-order valence-corrected chi connectivity index (χ3v) is 6.39. The second kappa shape index (κ2) is 8.56. The molecule has 0 radical (unpaired) electrons. The molecule has 2 heterocycles. The number of benzene rings is 1. The van der Waals surface area contributed by atoms with E-state index in [0.717, 1.165) is 21.8 Å². The van der Waals surface area contributed by atoms with Gasteiger partial charge in [0.1, 0.15) is 0 Å². The molecule has 0 unspecified atom stereocenters. The molecule has 0 bridgehead atoms. The van der Waals surface area contributed by atoms with E-state index in [1.54, 1.807) is 7.11 Å². The molecule has 0 saturated carbocycles. The van der Waals surface area contributed by atoms with E-state index in [-0.39, 0.29) is 18.3 Å². The van der Waals surface area contributed by atoms with E-state index in [9.17, 15) is 0 Å². The zero-order chi connectivity index (χ0) is 20.4. The molecule has 0 amide bonds. The zero-order valence-electron chi connectivity index (χ0n) is 17.4. The summed E-state index contributed by atoms with van der Waals surface area (Å²) in [7, 11) is 1.51. The molecule has 1 saturated heterocycles. The number of aromatic nitrogens is 1. The number of fused-ring (bicyclic) bond motifs is 1. The molecule has 0 spiro atoms. The van der Waals surface area contributed by atoms with Gasteiger partial charge in [0.15, 0.2) is 0 Å². The van der Waals surface area contributed by atoms with E-state index in [4.69, 9.17) is 14.0 Å². The highest BCUT2D eigenvalue weighted by Crippen LogP contribution is 2.40. The zero-order valence-corrected chi connectivity index (χ0v) is 19.0. The van der Waals surface area contributed by atoms with Gasteiger partial charge < -0.3 is 14.0 Å². The van der Waals surface area contributed by atoms with Crippen molar-refractivity contribution in [1.29, 1.82) is 0 Å². The van der Waals surface area contributed by atoms with Crippen molar-refractivity contribution < 1.29 is 14.0 Å². The first kappa shape index (κ1) is 21.3. The minimum atomic E-state index is -0.198. The Morgan fingerprint density at radius 2 is 1.75 bits per heavy atom. The molecule has 0 N–H and O–H groups in total. The van der Waals surface area contributed by atoms with Crippen LogP contribution in [0, 0.1) is 0 Å². The summed E-state index contributed by atoms with van der Waals surface area (Å²) < 4.78 is 18.1. The van der Waals surface area contributed by atoms with Gasteiger partial charge in [0.2, 0.25) is 5.88 Å². The van der Waals surface area contributed by atoms with E-state index < -0.39 is 0 Å². The number of pyridine rings is 1. The molecule has 1 aromatic heterocycles. The fourth-order valence-electron chi connectivity index (χ4n) is 3.29. The van der Waals surface area contributed by atoms with Crippen LogP contribution in [0.3, 0.4) is 0 Å². The number of methoxy groups -OCH3 is 1. The molecule has 2 aromatic rings. The molecule has 1 aliphatic heterocycles. The topological polar surface area (TPSA) is 40.6 Å². The summed E-state index contributed by atoms with van der Waals surface area (Å²) >= 11 is 3.47. The average Bonchev–Trinajstić information content (AvgIpc) is 2.90. The van der Waals surface area contributed by atoms with Gasteiger partial charge in [0.05, 0.1) is 23.8 Å². The van der Waals surface area contributed by atoms with Crippen molar-refractivity contribution in [2.75, 3.05) is 7.11 Å². The van der Waals surface area contributed by atoms with Crippen LogP contribution in [0.2, 0.25) is 0 Å². The van der Waals surface area contributed by atoms with Gasteiger partial charge >= 0.3 is 7.12 Å². The van der Waals surface area contributed by atoms with Crippen molar-refractivity contribution in [3.05, 3.63) is 46.4 Å². The van der Waals surface area contributed by atoms with Crippen LogP contribution >= 0.6 is 15.9 Å². The van der Waals surface area contributed by atoms with Gasteiger partial charge in [-0.25, -0.2) is 4.98 Å². The first-order valence-electron chi connectivity index (χ1n) is 9.87. The number of allylic oxidation sites excluding steroid dienone is 2. The second-order valence-electron chi connectivity index (χ2n) is 8.28. The summed E-state index contributed by atoms with van der Waals surface area (Å²) in [4.78, 5) is 4.30. The maximum absolute atomic E-state index is 6.01. The van der Waals surface area contributed by atoms with Gasteiger partial charge in [-0.05, 0) is 80.8 Å². The van der Waals surface area contributed by atoms with Crippen LogP contribution in [-0.2, 0) is 9.31 Å². The van der Waals surface area contributed by atoms with Gasteiger partial charge in [-0.2, -0.15) is 0 Å². The Balaban J connectivity index is 0.000000162. The summed E-state index contributed by atoms with van der Waals surface area (Å²) in [6.45, 7) is 8.43. The summed E-state index contributed by atoms with van der Waals surface area (Å²) in [5, 5.41) is 1.10. The van der Waals surface area contributed by atoms with Crippen LogP contribution in [0.4, 0.5) is 0 Å². The lowest BCUT2D eigenvalue weighted by atomic mass is 9.73. The monoisotopic (exact) mass is 445 g/mol. The number of hydrogen-bond donors (Lipinski definition) is 0. The number of para-hydroxylation sites is 1. The van der Waals surface area contributed by atoms with E-state index >= 15 is 0 Å². The lowest BCUT2D eigenvalue weighted by molar-refractivity contribution is 0.00578. The van der Waals surface area contributed by atoms with Crippen molar-refractivity contribution in [3.63, 3.8) is 0 Å². The predicted octanol–water partition coefficient (Wildman–Crippen LogP) is 6.12. The maximum Gasteiger partial charge on any atom is 0.490 e. The molecule has 4 nitrogen and oxygen atoms in total. The summed E-state index contributed by atoms with van der Waals surface area (Å²) in [6.07, 6.45) is 7.20. The fourth-order valence-corrected chi connectivity index (χ4v) is 3.82.